The molecule has 0 saturated heterocycles. The maximum absolute atomic E-state index is 5.07. The molecule has 0 bridgehead atoms. The first kappa shape index (κ1) is 6.96. The van der Waals surface area contributed by atoms with Crippen LogP contribution in [0.4, 0.5) is 0 Å². The van der Waals surface area contributed by atoms with Gasteiger partial charge in [-0.3, -0.25) is 0 Å². The Balaban J connectivity index is 2.31. The average molecular weight is 146 g/mol. The molecule has 0 spiro atoms. The van der Waals surface area contributed by atoms with Crippen LogP contribution in [0.2, 0.25) is 0 Å². The quantitative estimate of drug-likeness (QED) is 0.589. The fourth-order valence-electron chi connectivity index (χ4n) is 0.694. The summed E-state index contributed by atoms with van der Waals surface area (Å²) >= 11 is 1.63. The van der Waals surface area contributed by atoms with Crippen LogP contribution in [0.1, 0.15) is 6.42 Å². The van der Waals surface area contributed by atoms with E-state index in [0.29, 0.717) is 0 Å². The van der Waals surface area contributed by atoms with Gasteiger partial charge in [0.25, 0.3) is 0 Å². The van der Waals surface area contributed by atoms with Crippen molar-refractivity contribution in [3.8, 4) is 0 Å². The lowest BCUT2D eigenvalue weighted by molar-refractivity contribution is 0.178. The third-order valence-electron chi connectivity index (χ3n) is 1.19. The lowest BCUT2D eigenvalue weighted by Gasteiger charge is -2.04. The summed E-state index contributed by atoms with van der Waals surface area (Å²) in [5, 5.41) is 0.974. The summed E-state index contributed by atoms with van der Waals surface area (Å²) in [6.45, 7) is 0. The fourth-order valence-corrected chi connectivity index (χ4v) is 1.53. The maximum atomic E-state index is 5.07. The second-order valence-corrected chi connectivity index (χ2v) is 2.91. The van der Waals surface area contributed by atoms with E-state index >= 15 is 0 Å². The van der Waals surface area contributed by atoms with Crippen LogP contribution >= 0.6 is 11.8 Å². The molecule has 3 heteroatoms. The van der Waals surface area contributed by atoms with Crippen molar-refractivity contribution in [1.82, 2.24) is 0 Å². The number of thioether (sulfide) groups is 1. The summed E-state index contributed by atoms with van der Waals surface area (Å²) in [4.78, 5) is 0. The van der Waals surface area contributed by atoms with Crippen LogP contribution in [0.25, 0.3) is 0 Å². The Morgan fingerprint density at radius 3 is 2.78 bits per heavy atom. The van der Waals surface area contributed by atoms with E-state index in [1.807, 2.05) is 6.08 Å². The maximum Gasteiger partial charge on any atom is 0.151 e. The van der Waals surface area contributed by atoms with Crippen LogP contribution in [-0.4, -0.2) is 19.7 Å². The Hall–Kier alpha value is -0.150. The Morgan fingerprint density at radius 2 is 2.44 bits per heavy atom. The third-order valence-corrected chi connectivity index (χ3v) is 2.40. The second kappa shape index (κ2) is 3.13. The van der Waals surface area contributed by atoms with Crippen molar-refractivity contribution in [2.45, 2.75) is 11.9 Å². The van der Waals surface area contributed by atoms with Crippen LogP contribution in [0, 0.1) is 0 Å². The molecule has 1 aliphatic rings. The van der Waals surface area contributed by atoms with Gasteiger partial charge in [0.1, 0.15) is 5.44 Å². The number of ether oxygens (including phenoxy) is 2. The smallest absolute Gasteiger partial charge is 0.151 e. The Labute approximate surface area is 59.2 Å². The molecule has 0 N–H and O–H groups in total. The van der Waals surface area contributed by atoms with E-state index in [1.54, 1.807) is 26.0 Å². The normalized spacial score (nSPS) is 26.0. The highest BCUT2D eigenvalue weighted by atomic mass is 32.2. The van der Waals surface area contributed by atoms with Gasteiger partial charge in [0.05, 0.1) is 7.11 Å². The van der Waals surface area contributed by atoms with Crippen molar-refractivity contribution in [1.29, 1.82) is 0 Å². The van der Waals surface area contributed by atoms with Gasteiger partial charge in [-0.2, -0.15) is 0 Å². The highest BCUT2D eigenvalue weighted by molar-refractivity contribution is 8.03. The van der Waals surface area contributed by atoms with Crippen molar-refractivity contribution < 1.29 is 9.47 Å². The van der Waals surface area contributed by atoms with E-state index in [0.717, 1.165) is 11.5 Å². The summed E-state index contributed by atoms with van der Waals surface area (Å²) in [7, 11) is 3.39. The molecular weight excluding hydrogens is 136 g/mol. The molecule has 0 fully saturated rings. The van der Waals surface area contributed by atoms with E-state index in [1.165, 1.54) is 0 Å². The number of hydrogen-bond acceptors (Lipinski definition) is 3. The van der Waals surface area contributed by atoms with Gasteiger partial charge in [-0.1, -0.05) is 11.8 Å². The molecule has 0 saturated carbocycles. The van der Waals surface area contributed by atoms with Crippen LogP contribution in [-0.2, 0) is 9.47 Å². The van der Waals surface area contributed by atoms with Crippen molar-refractivity contribution in [3.05, 3.63) is 11.2 Å². The minimum atomic E-state index is 0.278. The fraction of sp³-hybridized carbons (Fsp3) is 0.667. The molecule has 0 aromatic rings. The standard InChI is InChI=1S/C6H10O2S/c1-7-5-3-4-6(8-2)9-5/h3,6H,4H2,1-2H3. The molecule has 1 atom stereocenters. The summed E-state index contributed by atoms with van der Waals surface area (Å²) in [5.74, 6) is 0. The largest absolute Gasteiger partial charge is 0.491 e. The van der Waals surface area contributed by atoms with Gasteiger partial charge in [0.2, 0.25) is 0 Å². The summed E-state index contributed by atoms with van der Waals surface area (Å²) in [6.07, 6.45) is 3.00. The predicted molar refractivity (Wildman–Crippen MR) is 38.1 cm³/mol. The van der Waals surface area contributed by atoms with Crippen LogP contribution < -0.4 is 0 Å². The van der Waals surface area contributed by atoms with Crippen LogP contribution in [0.3, 0.4) is 0 Å². The number of methoxy groups -OCH3 is 2. The topological polar surface area (TPSA) is 18.5 Å². The minimum Gasteiger partial charge on any atom is -0.491 e. The molecule has 0 radical (unpaired) electrons. The summed E-state index contributed by atoms with van der Waals surface area (Å²) < 4.78 is 10.1. The molecule has 52 valence electrons. The highest BCUT2D eigenvalue weighted by Crippen LogP contribution is 2.32. The molecule has 0 amide bonds. The van der Waals surface area contributed by atoms with Crippen molar-refractivity contribution in [2.24, 2.45) is 0 Å². The molecule has 2 nitrogen and oxygen atoms in total. The zero-order valence-electron chi connectivity index (χ0n) is 5.59. The first-order chi connectivity index (χ1) is 4.36. The van der Waals surface area contributed by atoms with Gasteiger partial charge >= 0.3 is 0 Å². The zero-order valence-corrected chi connectivity index (χ0v) is 6.40. The third kappa shape index (κ3) is 1.63. The van der Waals surface area contributed by atoms with Gasteiger partial charge in [-0.05, 0) is 6.08 Å². The lowest BCUT2D eigenvalue weighted by atomic mass is 10.4. The van der Waals surface area contributed by atoms with E-state index in [-0.39, 0.29) is 5.44 Å². The van der Waals surface area contributed by atoms with Crippen LogP contribution in [0.15, 0.2) is 11.2 Å². The van der Waals surface area contributed by atoms with Gasteiger partial charge < -0.3 is 9.47 Å². The summed E-state index contributed by atoms with van der Waals surface area (Å²) in [6, 6.07) is 0. The van der Waals surface area contributed by atoms with Crippen molar-refractivity contribution in [2.75, 3.05) is 14.2 Å². The van der Waals surface area contributed by atoms with Crippen LogP contribution in [0.5, 0.6) is 0 Å². The molecule has 9 heavy (non-hydrogen) atoms. The predicted octanol–water partition coefficient (Wildman–Crippen LogP) is 1.58. The Bertz CT molecular complexity index is 122. The van der Waals surface area contributed by atoms with Gasteiger partial charge in [-0.15, -0.1) is 0 Å². The van der Waals surface area contributed by atoms with Crippen molar-refractivity contribution >= 4 is 11.8 Å². The van der Waals surface area contributed by atoms with Crippen molar-refractivity contribution in [3.63, 3.8) is 0 Å². The highest BCUT2D eigenvalue weighted by Gasteiger charge is 2.16. The molecular formula is C6H10O2S. The summed E-state index contributed by atoms with van der Waals surface area (Å²) in [5.41, 5.74) is 0.278. The lowest BCUT2D eigenvalue weighted by Crippen LogP contribution is -1.98. The average Bonchev–Trinajstić information content (AvgIpc) is 2.34. The number of rotatable bonds is 2. The Morgan fingerprint density at radius 1 is 1.67 bits per heavy atom. The SMILES string of the molecule is COC1=CCC(OC)S1. The molecule has 1 aliphatic heterocycles. The van der Waals surface area contributed by atoms with E-state index < -0.39 is 0 Å². The zero-order chi connectivity index (χ0) is 6.69. The first-order valence-electron chi connectivity index (χ1n) is 2.80. The van der Waals surface area contributed by atoms with E-state index in [9.17, 15) is 0 Å². The monoisotopic (exact) mass is 146 g/mol. The van der Waals surface area contributed by atoms with E-state index in [2.05, 4.69) is 0 Å². The Kier molecular flexibility index (Phi) is 2.42. The second-order valence-electron chi connectivity index (χ2n) is 1.75. The van der Waals surface area contributed by atoms with Gasteiger partial charge in [-0.25, -0.2) is 0 Å². The minimum absolute atomic E-state index is 0.278. The number of hydrogen-bond donors (Lipinski definition) is 0. The molecule has 1 heterocycles. The van der Waals surface area contributed by atoms with Gasteiger partial charge in [0, 0.05) is 13.5 Å². The van der Waals surface area contributed by atoms with E-state index in [4.69, 9.17) is 9.47 Å². The first-order valence-corrected chi connectivity index (χ1v) is 3.68. The molecule has 0 aliphatic carbocycles. The molecule has 0 aromatic heterocycles. The van der Waals surface area contributed by atoms with Gasteiger partial charge in [0.15, 0.2) is 5.09 Å². The molecule has 0 aromatic carbocycles. The molecule has 1 unspecified atom stereocenters. The molecule has 1 rings (SSSR count).